The van der Waals surface area contributed by atoms with Gasteiger partial charge in [0.1, 0.15) is 5.75 Å². The van der Waals surface area contributed by atoms with Crippen LogP contribution in [0.25, 0.3) is 0 Å². The third-order valence-electron chi connectivity index (χ3n) is 2.80. The SMILES string of the molecule is CCNCc1ccnc(Oc2ccc(C)cc2Cl)c1F. The molecule has 0 aliphatic carbocycles. The highest BCUT2D eigenvalue weighted by Gasteiger charge is 2.13. The molecule has 0 spiro atoms. The molecule has 0 unspecified atom stereocenters. The fourth-order valence-electron chi connectivity index (χ4n) is 1.72. The van der Waals surface area contributed by atoms with Gasteiger partial charge in [0.25, 0.3) is 5.88 Å². The van der Waals surface area contributed by atoms with Crippen LogP contribution in [0.1, 0.15) is 18.1 Å². The molecule has 0 aliphatic heterocycles. The molecule has 0 fully saturated rings. The first-order valence-corrected chi connectivity index (χ1v) is 6.77. The zero-order valence-corrected chi connectivity index (χ0v) is 12.2. The van der Waals surface area contributed by atoms with Crippen molar-refractivity contribution >= 4 is 11.6 Å². The molecule has 0 atom stereocenters. The zero-order valence-electron chi connectivity index (χ0n) is 11.4. The van der Waals surface area contributed by atoms with Crippen LogP contribution in [-0.4, -0.2) is 11.5 Å². The van der Waals surface area contributed by atoms with Gasteiger partial charge in [-0.25, -0.2) is 9.37 Å². The Hall–Kier alpha value is -1.65. The number of halogens is 2. The van der Waals surface area contributed by atoms with E-state index in [2.05, 4.69) is 10.3 Å². The van der Waals surface area contributed by atoms with Gasteiger partial charge >= 0.3 is 0 Å². The minimum absolute atomic E-state index is 0.0637. The van der Waals surface area contributed by atoms with Crippen LogP contribution in [0, 0.1) is 12.7 Å². The van der Waals surface area contributed by atoms with Gasteiger partial charge in [0.15, 0.2) is 5.82 Å². The van der Waals surface area contributed by atoms with Crippen molar-refractivity contribution in [2.24, 2.45) is 0 Å². The first-order valence-electron chi connectivity index (χ1n) is 6.40. The predicted molar refractivity (Wildman–Crippen MR) is 77.8 cm³/mol. The van der Waals surface area contributed by atoms with Crippen LogP contribution in [0.2, 0.25) is 5.02 Å². The van der Waals surface area contributed by atoms with E-state index in [4.69, 9.17) is 16.3 Å². The number of hydrogen-bond donors (Lipinski definition) is 1. The van der Waals surface area contributed by atoms with Crippen LogP contribution >= 0.6 is 11.6 Å². The largest absolute Gasteiger partial charge is 0.435 e. The summed E-state index contributed by atoms with van der Waals surface area (Å²) in [5.74, 6) is -0.138. The van der Waals surface area contributed by atoms with Crippen LogP contribution in [0.3, 0.4) is 0 Å². The number of pyridine rings is 1. The first kappa shape index (κ1) is 14.8. The van der Waals surface area contributed by atoms with Crippen LogP contribution in [0.5, 0.6) is 11.6 Å². The van der Waals surface area contributed by atoms with E-state index in [1.165, 1.54) is 6.20 Å². The number of nitrogens with zero attached hydrogens (tertiary/aromatic N) is 1. The fourth-order valence-corrected chi connectivity index (χ4v) is 2.00. The van der Waals surface area contributed by atoms with Gasteiger partial charge in [-0.1, -0.05) is 24.6 Å². The number of rotatable bonds is 5. The molecular formula is C15H16ClFN2O. The van der Waals surface area contributed by atoms with Crippen molar-refractivity contribution in [3.05, 3.63) is 52.4 Å². The zero-order chi connectivity index (χ0) is 14.5. The second-order valence-electron chi connectivity index (χ2n) is 4.41. The van der Waals surface area contributed by atoms with Crippen LogP contribution in [-0.2, 0) is 6.54 Å². The Morgan fingerprint density at radius 1 is 1.35 bits per heavy atom. The van der Waals surface area contributed by atoms with Gasteiger partial charge < -0.3 is 10.1 Å². The maximum absolute atomic E-state index is 14.2. The van der Waals surface area contributed by atoms with Gasteiger partial charge in [0, 0.05) is 18.3 Å². The minimum Gasteiger partial charge on any atom is -0.435 e. The Balaban J connectivity index is 2.24. The predicted octanol–water partition coefficient (Wildman–Crippen LogP) is 4.08. The Morgan fingerprint density at radius 2 is 2.15 bits per heavy atom. The van der Waals surface area contributed by atoms with Crippen LogP contribution in [0.15, 0.2) is 30.5 Å². The quantitative estimate of drug-likeness (QED) is 0.902. The molecule has 106 valence electrons. The molecule has 0 amide bonds. The molecule has 0 saturated carbocycles. The molecule has 1 aromatic carbocycles. The second-order valence-corrected chi connectivity index (χ2v) is 4.81. The van der Waals surface area contributed by atoms with Gasteiger partial charge in [-0.15, -0.1) is 0 Å². The highest BCUT2D eigenvalue weighted by atomic mass is 35.5. The second kappa shape index (κ2) is 6.68. The summed E-state index contributed by atoms with van der Waals surface area (Å²) in [5.41, 5.74) is 1.52. The Morgan fingerprint density at radius 3 is 2.85 bits per heavy atom. The third kappa shape index (κ3) is 3.46. The summed E-state index contributed by atoms with van der Waals surface area (Å²) in [6.07, 6.45) is 1.52. The maximum Gasteiger partial charge on any atom is 0.256 e. The molecule has 0 saturated heterocycles. The number of ether oxygens (including phenoxy) is 1. The van der Waals surface area contributed by atoms with Crippen LogP contribution in [0.4, 0.5) is 4.39 Å². The van der Waals surface area contributed by atoms with E-state index >= 15 is 0 Å². The van der Waals surface area contributed by atoms with E-state index in [9.17, 15) is 4.39 Å². The first-order chi connectivity index (χ1) is 9.61. The Kier molecular flexibility index (Phi) is 4.93. The Labute approximate surface area is 122 Å². The molecule has 3 nitrogen and oxygen atoms in total. The van der Waals surface area contributed by atoms with E-state index in [0.29, 0.717) is 22.9 Å². The van der Waals surface area contributed by atoms with E-state index in [1.807, 2.05) is 19.9 Å². The Bertz CT molecular complexity index is 604. The highest BCUT2D eigenvalue weighted by Crippen LogP contribution is 2.30. The number of aryl methyl sites for hydroxylation is 1. The maximum atomic E-state index is 14.2. The van der Waals surface area contributed by atoms with Gasteiger partial charge in [0.05, 0.1) is 5.02 Å². The summed E-state index contributed by atoms with van der Waals surface area (Å²) in [7, 11) is 0. The highest BCUT2D eigenvalue weighted by molar-refractivity contribution is 6.32. The molecular weight excluding hydrogens is 279 g/mol. The van der Waals surface area contributed by atoms with Crippen LogP contribution < -0.4 is 10.1 Å². The summed E-state index contributed by atoms with van der Waals surface area (Å²) < 4.78 is 19.7. The molecule has 0 bridgehead atoms. The van der Waals surface area contributed by atoms with Crippen molar-refractivity contribution in [1.82, 2.24) is 10.3 Å². The lowest BCUT2D eigenvalue weighted by molar-refractivity contribution is 0.417. The van der Waals surface area contributed by atoms with Gasteiger partial charge in [-0.2, -0.15) is 0 Å². The van der Waals surface area contributed by atoms with E-state index in [1.54, 1.807) is 18.2 Å². The van der Waals surface area contributed by atoms with Crippen molar-refractivity contribution in [2.75, 3.05) is 6.54 Å². The molecule has 20 heavy (non-hydrogen) atoms. The molecule has 1 aromatic heterocycles. The van der Waals surface area contributed by atoms with Crippen molar-refractivity contribution in [3.8, 4) is 11.6 Å². The van der Waals surface area contributed by atoms with E-state index in [0.717, 1.165) is 12.1 Å². The molecule has 0 radical (unpaired) electrons. The van der Waals surface area contributed by atoms with Gasteiger partial charge in [-0.3, -0.25) is 0 Å². The summed E-state index contributed by atoms with van der Waals surface area (Å²) in [6, 6.07) is 6.94. The van der Waals surface area contributed by atoms with Crippen molar-refractivity contribution in [2.45, 2.75) is 20.4 Å². The summed E-state index contributed by atoms with van der Waals surface area (Å²) in [6.45, 7) is 5.08. The molecule has 2 rings (SSSR count). The summed E-state index contributed by atoms with van der Waals surface area (Å²) in [5, 5.41) is 3.50. The minimum atomic E-state index is -0.468. The average molecular weight is 295 g/mol. The lowest BCUT2D eigenvalue weighted by Crippen LogP contribution is -2.13. The summed E-state index contributed by atoms with van der Waals surface area (Å²) >= 11 is 6.07. The normalized spacial score (nSPS) is 10.6. The van der Waals surface area contributed by atoms with Crippen molar-refractivity contribution in [3.63, 3.8) is 0 Å². The molecule has 0 aliphatic rings. The number of benzene rings is 1. The summed E-state index contributed by atoms with van der Waals surface area (Å²) in [4.78, 5) is 3.92. The topological polar surface area (TPSA) is 34.2 Å². The number of aromatic nitrogens is 1. The van der Waals surface area contributed by atoms with Gasteiger partial charge in [-0.05, 0) is 37.2 Å². The molecule has 1 heterocycles. The average Bonchev–Trinajstić information content (AvgIpc) is 2.42. The van der Waals surface area contributed by atoms with Gasteiger partial charge in [0.2, 0.25) is 0 Å². The monoisotopic (exact) mass is 294 g/mol. The fraction of sp³-hybridized carbons (Fsp3) is 0.267. The molecule has 1 N–H and O–H groups in total. The smallest absolute Gasteiger partial charge is 0.256 e. The lowest BCUT2D eigenvalue weighted by atomic mass is 10.2. The standard InChI is InChI=1S/C15H16ClFN2O/c1-3-18-9-11-6-7-19-15(14(11)17)20-13-5-4-10(2)8-12(13)16/h4-8,18H,3,9H2,1-2H3. The molecule has 2 aromatic rings. The van der Waals surface area contributed by atoms with E-state index in [-0.39, 0.29) is 5.88 Å². The third-order valence-corrected chi connectivity index (χ3v) is 3.09. The van der Waals surface area contributed by atoms with Crippen molar-refractivity contribution in [1.29, 1.82) is 0 Å². The lowest BCUT2D eigenvalue weighted by Gasteiger charge is -2.10. The number of hydrogen-bond acceptors (Lipinski definition) is 3. The van der Waals surface area contributed by atoms with Crippen molar-refractivity contribution < 1.29 is 9.13 Å². The molecule has 5 heteroatoms. The van der Waals surface area contributed by atoms with E-state index < -0.39 is 5.82 Å². The number of nitrogens with one attached hydrogen (secondary N) is 1.